The van der Waals surface area contributed by atoms with Crippen molar-refractivity contribution in [2.45, 2.75) is 12.7 Å². The van der Waals surface area contributed by atoms with Gasteiger partial charge in [-0.2, -0.15) is 0 Å². The molecule has 76 valence electrons. The number of hydrogen-bond acceptors (Lipinski definition) is 4. The molecule has 1 atom stereocenters. The highest BCUT2D eigenvalue weighted by Crippen LogP contribution is 2.18. The molecule has 4 nitrogen and oxygen atoms in total. The molecule has 14 heavy (non-hydrogen) atoms. The monoisotopic (exact) mass is 194 g/mol. The van der Waals surface area contributed by atoms with E-state index in [1.807, 2.05) is 12.1 Å². The Morgan fingerprint density at radius 1 is 1.64 bits per heavy atom. The maximum atomic E-state index is 8.94. The van der Waals surface area contributed by atoms with Gasteiger partial charge in [-0.3, -0.25) is 4.98 Å². The Balaban J connectivity index is 2.13. The second kappa shape index (κ2) is 4.50. The minimum Gasteiger partial charge on any atom is -0.390 e. The molecule has 1 aliphatic rings. The van der Waals surface area contributed by atoms with Crippen molar-refractivity contribution in [2.24, 2.45) is 0 Å². The summed E-state index contributed by atoms with van der Waals surface area (Å²) in [6, 6.07) is 3.81. The first-order chi connectivity index (χ1) is 6.90. The van der Waals surface area contributed by atoms with E-state index >= 15 is 0 Å². The number of aliphatic hydroxyl groups is 1. The molecular weight excluding hydrogens is 180 g/mol. The standard InChI is InChI=1S/C10H14N2O2/c13-7-9-5-8(1-2-12-9)10-6-11-3-4-14-10/h1-2,5,10-11,13H,3-4,6-7H2. The highest BCUT2D eigenvalue weighted by atomic mass is 16.5. The number of aromatic nitrogens is 1. The van der Waals surface area contributed by atoms with Crippen molar-refractivity contribution in [1.82, 2.24) is 10.3 Å². The zero-order valence-electron chi connectivity index (χ0n) is 7.94. The number of nitrogens with one attached hydrogen (secondary N) is 1. The largest absolute Gasteiger partial charge is 0.390 e. The molecule has 0 aromatic carbocycles. The molecule has 2 N–H and O–H groups in total. The van der Waals surface area contributed by atoms with Crippen molar-refractivity contribution < 1.29 is 9.84 Å². The van der Waals surface area contributed by atoms with Gasteiger partial charge in [-0.05, 0) is 17.7 Å². The summed E-state index contributed by atoms with van der Waals surface area (Å²) in [6.07, 6.45) is 1.80. The average Bonchev–Trinajstić information content (AvgIpc) is 2.30. The molecule has 1 aromatic heterocycles. The summed E-state index contributed by atoms with van der Waals surface area (Å²) in [5.41, 5.74) is 1.77. The molecule has 2 rings (SSSR count). The second-order valence-electron chi connectivity index (χ2n) is 3.30. The van der Waals surface area contributed by atoms with Gasteiger partial charge in [0.15, 0.2) is 0 Å². The highest BCUT2D eigenvalue weighted by molar-refractivity contribution is 5.19. The third-order valence-electron chi connectivity index (χ3n) is 2.30. The van der Waals surface area contributed by atoms with Crippen LogP contribution in [-0.4, -0.2) is 29.8 Å². The molecule has 4 heteroatoms. The highest BCUT2D eigenvalue weighted by Gasteiger charge is 2.15. The Labute approximate surface area is 82.9 Å². The quantitative estimate of drug-likeness (QED) is 0.708. The van der Waals surface area contributed by atoms with Crippen LogP contribution in [-0.2, 0) is 11.3 Å². The Morgan fingerprint density at radius 3 is 3.29 bits per heavy atom. The third kappa shape index (κ3) is 2.09. The van der Waals surface area contributed by atoms with Gasteiger partial charge in [0.1, 0.15) is 0 Å². The summed E-state index contributed by atoms with van der Waals surface area (Å²) in [5, 5.41) is 12.2. The van der Waals surface area contributed by atoms with Gasteiger partial charge in [0, 0.05) is 19.3 Å². The van der Waals surface area contributed by atoms with E-state index in [2.05, 4.69) is 10.3 Å². The van der Waals surface area contributed by atoms with E-state index in [0.29, 0.717) is 5.69 Å². The smallest absolute Gasteiger partial charge is 0.0951 e. The number of morpholine rings is 1. The molecule has 1 saturated heterocycles. The molecule has 0 bridgehead atoms. The molecule has 1 aromatic rings. The van der Waals surface area contributed by atoms with Gasteiger partial charge >= 0.3 is 0 Å². The summed E-state index contributed by atoms with van der Waals surface area (Å²) in [7, 11) is 0. The van der Waals surface area contributed by atoms with Crippen LogP contribution in [0.5, 0.6) is 0 Å². The van der Waals surface area contributed by atoms with Gasteiger partial charge in [0.05, 0.1) is 25.0 Å². The van der Waals surface area contributed by atoms with Crippen molar-refractivity contribution in [1.29, 1.82) is 0 Å². The SMILES string of the molecule is OCc1cc(C2CNCCO2)ccn1. The number of nitrogens with zero attached hydrogens (tertiary/aromatic N) is 1. The zero-order valence-corrected chi connectivity index (χ0v) is 7.94. The van der Waals surface area contributed by atoms with Crippen LogP contribution < -0.4 is 5.32 Å². The zero-order chi connectivity index (χ0) is 9.80. The number of rotatable bonds is 2. The van der Waals surface area contributed by atoms with E-state index in [1.54, 1.807) is 6.20 Å². The predicted octanol–water partition coefficient (Wildman–Crippen LogP) is 0.235. The van der Waals surface area contributed by atoms with Gasteiger partial charge < -0.3 is 15.2 Å². The molecular formula is C10H14N2O2. The van der Waals surface area contributed by atoms with Crippen LogP contribution in [0.2, 0.25) is 0 Å². The van der Waals surface area contributed by atoms with Crippen molar-refractivity contribution in [3.63, 3.8) is 0 Å². The van der Waals surface area contributed by atoms with Gasteiger partial charge in [-0.15, -0.1) is 0 Å². The molecule has 2 heterocycles. The first-order valence-corrected chi connectivity index (χ1v) is 4.78. The summed E-state index contributed by atoms with van der Waals surface area (Å²) in [5.74, 6) is 0. The van der Waals surface area contributed by atoms with E-state index in [9.17, 15) is 0 Å². The summed E-state index contributed by atoms with van der Waals surface area (Å²) >= 11 is 0. The van der Waals surface area contributed by atoms with Crippen molar-refractivity contribution >= 4 is 0 Å². The Morgan fingerprint density at radius 2 is 2.57 bits per heavy atom. The van der Waals surface area contributed by atoms with Crippen molar-refractivity contribution in [3.05, 3.63) is 29.6 Å². The molecule has 0 saturated carbocycles. The molecule has 0 spiro atoms. The normalized spacial score (nSPS) is 22.2. The fraction of sp³-hybridized carbons (Fsp3) is 0.500. The lowest BCUT2D eigenvalue weighted by atomic mass is 10.1. The number of pyridine rings is 1. The van der Waals surface area contributed by atoms with E-state index in [-0.39, 0.29) is 12.7 Å². The average molecular weight is 194 g/mol. The first kappa shape index (κ1) is 9.58. The Kier molecular flexibility index (Phi) is 3.08. The van der Waals surface area contributed by atoms with Gasteiger partial charge in [-0.25, -0.2) is 0 Å². The molecule has 1 fully saturated rings. The topological polar surface area (TPSA) is 54.4 Å². The Bertz CT molecular complexity index is 298. The summed E-state index contributed by atoms with van der Waals surface area (Å²) in [4.78, 5) is 4.03. The summed E-state index contributed by atoms with van der Waals surface area (Å²) < 4.78 is 5.59. The fourth-order valence-corrected chi connectivity index (χ4v) is 1.56. The first-order valence-electron chi connectivity index (χ1n) is 4.78. The maximum absolute atomic E-state index is 8.94. The van der Waals surface area contributed by atoms with Gasteiger partial charge in [0.25, 0.3) is 0 Å². The van der Waals surface area contributed by atoms with Crippen LogP contribution in [0.3, 0.4) is 0 Å². The van der Waals surface area contributed by atoms with Crippen LogP contribution in [0.15, 0.2) is 18.3 Å². The molecule has 0 aliphatic carbocycles. The maximum Gasteiger partial charge on any atom is 0.0951 e. The number of aliphatic hydroxyl groups excluding tert-OH is 1. The van der Waals surface area contributed by atoms with Crippen LogP contribution in [0, 0.1) is 0 Å². The van der Waals surface area contributed by atoms with Crippen LogP contribution in [0.4, 0.5) is 0 Å². The van der Waals surface area contributed by atoms with Gasteiger partial charge in [-0.1, -0.05) is 0 Å². The molecule has 0 radical (unpaired) electrons. The van der Waals surface area contributed by atoms with Gasteiger partial charge in [0.2, 0.25) is 0 Å². The second-order valence-corrected chi connectivity index (χ2v) is 3.30. The molecule has 0 amide bonds. The lowest BCUT2D eigenvalue weighted by Crippen LogP contribution is -2.33. The minimum atomic E-state index is -0.0199. The predicted molar refractivity (Wildman–Crippen MR) is 51.7 cm³/mol. The van der Waals surface area contributed by atoms with Crippen LogP contribution in [0.25, 0.3) is 0 Å². The third-order valence-corrected chi connectivity index (χ3v) is 2.30. The fourth-order valence-electron chi connectivity index (χ4n) is 1.56. The summed E-state index contributed by atoms with van der Waals surface area (Å²) in [6.45, 7) is 2.46. The van der Waals surface area contributed by atoms with Crippen molar-refractivity contribution in [3.8, 4) is 0 Å². The minimum absolute atomic E-state index is 0.0199. The molecule has 1 aliphatic heterocycles. The van der Waals surface area contributed by atoms with E-state index in [0.717, 1.165) is 25.3 Å². The molecule has 1 unspecified atom stereocenters. The van der Waals surface area contributed by atoms with Crippen molar-refractivity contribution in [2.75, 3.05) is 19.7 Å². The van der Waals surface area contributed by atoms with Crippen LogP contribution >= 0.6 is 0 Å². The number of hydrogen-bond donors (Lipinski definition) is 2. The lowest BCUT2D eigenvalue weighted by Gasteiger charge is -2.24. The van der Waals surface area contributed by atoms with E-state index in [4.69, 9.17) is 9.84 Å². The van der Waals surface area contributed by atoms with E-state index < -0.39 is 0 Å². The lowest BCUT2D eigenvalue weighted by molar-refractivity contribution is 0.0275. The van der Waals surface area contributed by atoms with E-state index in [1.165, 1.54) is 0 Å². The Hall–Kier alpha value is -0.970. The van der Waals surface area contributed by atoms with Crippen LogP contribution in [0.1, 0.15) is 17.4 Å². The number of ether oxygens (including phenoxy) is 1.